The summed E-state index contributed by atoms with van der Waals surface area (Å²) in [6, 6.07) is 5.13. The highest BCUT2D eigenvalue weighted by atomic mass is 79.9. The van der Waals surface area contributed by atoms with Gasteiger partial charge in [-0.2, -0.15) is 0 Å². The maximum Gasteiger partial charge on any atom is 0.299 e. The number of fused-ring (bicyclic) bond motifs is 1. The number of rotatable bonds is 3. The molecule has 0 bridgehead atoms. The van der Waals surface area contributed by atoms with Gasteiger partial charge in [0.2, 0.25) is 0 Å². The Bertz CT molecular complexity index is 608. The molecule has 0 radical (unpaired) electrons. The van der Waals surface area contributed by atoms with Gasteiger partial charge in [0, 0.05) is 10.2 Å². The first kappa shape index (κ1) is 13.4. The van der Waals surface area contributed by atoms with Crippen molar-refractivity contribution in [3.8, 4) is 0 Å². The lowest BCUT2D eigenvalue weighted by Crippen LogP contribution is -2.33. The summed E-state index contributed by atoms with van der Waals surface area (Å²) in [6.07, 6.45) is 4.50. The van der Waals surface area contributed by atoms with Gasteiger partial charge in [0.1, 0.15) is 0 Å². The van der Waals surface area contributed by atoms with E-state index < -0.39 is 11.7 Å². The minimum atomic E-state index is -0.568. The Morgan fingerprint density at radius 1 is 1.37 bits per heavy atom. The fourth-order valence-electron chi connectivity index (χ4n) is 1.84. The fourth-order valence-corrected chi connectivity index (χ4v) is 2.21. The van der Waals surface area contributed by atoms with Crippen molar-refractivity contribution in [3.63, 3.8) is 0 Å². The number of anilines is 1. The Morgan fingerprint density at radius 3 is 2.79 bits per heavy atom. The molecule has 1 heterocycles. The van der Waals surface area contributed by atoms with E-state index in [1.54, 1.807) is 30.4 Å². The molecule has 1 amide bonds. The molecule has 0 fully saturated rings. The van der Waals surface area contributed by atoms with Crippen LogP contribution in [0.4, 0.5) is 5.69 Å². The first-order valence-corrected chi connectivity index (χ1v) is 6.32. The summed E-state index contributed by atoms with van der Waals surface area (Å²) < 4.78 is 0.754. The Kier molecular flexibility index (Phi) is 3.71. The van der Waals surface area contributed by atoms with Gasteiger partial charge in [0.05, 0.1) is 17.8 Å². The second-order valence-corrected chi connectivity index (χ2v) is 4.92. The third-order valence-corrected chi connectivity index (χ3v) is 3.19. The van der Waals surface area contributed by atoms with Gasteiger partial charge in [-0.15, -0.1) is 0 Å². The van der Waals surface area contributed by atoms with Gasteiger partial charge in [-0.1, -0.05) is 15.9 Å². The molecule has 0 saturated carbocycles. The minimum Gasteiger partial charge on any atom is -0.405 e. The molecule has 98 valence electrons. The van der Waals surface area contributed by atoms with Crippen molar-refractivity contribution in [2.45, 2.75) is 0 Å². The van der Waals surface area contributed by atoms with Crippen molar-refractivity contribution in [2.24, 2.45) is 11.5 Å². The van der Waals surface area contributed by atoms with Gasteiger partial charge in [0.15, 0.2) is 0 Å². The number of hydrogen-bond donors (Lipinski definition) is 2. The summed E-state index contributed by atoms with van der Waals surface area (Å²) in [7, 11) is 0. The highest BCUT2D eigenvalue weighted by molar-refractivity contribution is 9.10. The molecule has 1 aliphatic heterocycles. The number of Topliss-reactive ketones (excluding diaryl/α,β-unsaturated/α-hetero) is 1. The van der Waals surface area contributed by atoms with Crippen LogP contribution in [0.2, 0.25) is 0 Å². The summed E-state index contributed by atoms with van der Waals surface area (Å²) in [6.45, 7) is 0.156. The van der Waals surface area contributed by atoms with Crippen molar-refractivity contribution >= 4 is 33.3 Å². The molecular formula is C13H12BrN3O2. The molecule has 1 aromatic carbocycles. The zero-order valence-corrected chi connectivity index (χ0v) is 11.6. The maximum atomic E-state index is 11.9. The summed E-state index contributed by atoms with van der Waals surface area (Å²) in [4.78, 5) is 25.1. The van der Waals surface area contributed by atoms with Crippen molar-refractivity contribution < 1.29 is 9.59 Å². The molecule has 0 aliphatic carbocycles. The number of hydrogen-bond acceptors (Lipinski definition) is 4. The van der Waals surface area contributed by atoms with Gasteiger partial charge < -0.3 is 11.5 Å². The largest absolute Gasteiger partial charge is 0.405 e. The van der Waals surface area contributed by atoms with Crippen molar-refractivity contribution in [2.75, 3.05) is 11.4 Å². The van der Waals surface area contributed by atoms with Crippen LogP contribution in [0.15, 0.2) is 46.7 Å². The summed E-state index contributed by atoms with van der Waals surface area (Å²) >= 11 is 3.28. The van der Waals surface area contributed by atoms with E-state index in [2.05, 4.69) is 15.9 Å². The van der Waals surface area contributed by atoms with Crippen molar-refractivity contribution in [3.05, 3.63) is 52.3 Å². The van der Waals surface area contributed by atoms with E-state index in [0.717, 1.165) is 4.47 Å². The van der Waals surface area contributed by atoms with E-state index in [4.69, 9.17) is 11.5 Å². The predicted molar refractivity (Wildman–Crippen MR) is 76.4 cm³/mol. The predicted octanol–water partition coefficient (Wildman–Crippen LogP) is 1.29. The van der Waals surface area contributed by atoms with E-state index in [9.17, 15) is 9.59 Å². The zero-order valence-electron chi connectivity index (χ0n) is 9.97. The van der Waals surface area contributed by atoms with E-state index in [1.807, 2.05) is 0 Å². The van der Waals surface area contributed by atoms with Crippen LogP contribution in [0, 0.1) is 0 Å². The Labute approximate surface area is 118 Å². The molecule has 0 saturated heterocycles. The Hall–Kier alpha value is -2.08. The molecule has 2 rings (SSSR count). The second-order valence-electron chi connectivity index (χ2n) is 4.01. The van der Waals surface area contributed by atoms with Crippen LogP contribution in [0.3, 0.4) is 0 Å². The average molecular weight is 322 g/mol. The average Bonchev–Trinajstić information content (AvgIpc) is 2.61. The van der Waals surface area contributed by atoms with Gasteiger partial charge in [-0.3, -0.25) is 14.5 Å². The first-order valence-electron chi connectivity index (χ1n) is 5.53. The van der Waals surface area contributed by atoms with Crippen LogP contribution in [0.5, 0.6) is 0 Å². The molecule has 1 aliphatic rings. The number of benzene rings is 1. The lowest BCUT2D eigenvalue weighted by molar-refractivity contribution is -0.114. The van der Waals surface area contributed by atoms with E-state index in [1.165, 1.54) is 11.1 Å². The topological polar surface area (TPSA) is 89.4 Å². The highest BCUT2D eigenvalue weighted by Gasteiger charge is 2.35. The van der Waals surface area contributed by atoms with Gasteiger partial charge in [-0.05, 0) is 36.6 Å². The molecule has 0 spiro atoms. The molecule has 0 atom stereocenters. The normalized spacial score (nSPS) is 15.4. The Balaban J connectivity index is 2.34. The number of carbonyl (C=O) groups is 2. The summed E-state index contributed by atoms with van der Waals surface area (Å²) in [5, 5.41) is 0. The van der Waals surface area contributed by atoms with Gasteiger partial charge in [0.25, 0.3) is 11.7 Å². The highest BCUT2D eigenvalue weighted by Crippen LogP contribution is 2.31. The molecule has 5 nitrogen and oxygen atoms in total. The third-order valence-electron chi connectivity index (χ3n) is 2.70. The number of halogens is 1. The molecule has 1 aromatic rings. The van der Waals surface area contributed by atoms with Crippen molar-refractivity contribution in [1.82, 2.24) is 0 Å². The molecule has 0 unspecified atom stereocenters. The molecular weight excluding hydrogens is 310 g/mol. The molecule has 4 N–H and O–H groups in total. The maximum absolute atomic E-state index is 11.9. The SMILES string of the molecule is N/C=C\C=C(/N)CN1C(=O)C(=O)c2cc(Br)ccc21. The number of carbonyl (C=O) groups excluding carboxylic acids is 2. The molecule has 19 heavy (non-hydrogen) atoms. The van der Waals surface area contributed by atoms with Crippen LogP contribution in [0.25, 0.3) is 0 Å². The second kappa shape index (κ2) is 5.27. The van der Waals surface area contributed by atoms with Crippen molar-refractivity contribution in [1.29, 1.82) is 0 Å². The number of amides is 1. The van der Waals surface area contributed by atoms with Crippen LogP contribution in [0.1, 0.15) is 10.4 Å². The number of allylic oxidation sites excluding steroid dienone is 2. The number of ketones is 1. The van der Waals surface area contributed by atoms with Gasteiger partial charge in [-0.25, -0.2) is 0 Å². The fraction of sp³-hybridized carbons (Fsp3) is 0.0769. The lowest BCUT2D eigenvalue weighted by atomic mass is 10.1. The van der Waals surface area contributed by atoms with E-state index >= 15 is 0 Å². The first-order chi connectivity index (χ1) is 9.04. The molecule has 0 aromatic heterocycles. The summed E-state index contributed by atoms with van der Waals surface area (Å²) in [5.41, 5.74) is 12.4. The number of nitrogens with zero attached hydrogens (tertiary/aromatic N) is 1. The van der Waals surface area contributed by atoms with Crippen LogP contribution in [-0.4, -0.2) is 18.2 Å². The third kappa shape index (κ3) is 2.53. The smallest absolute Gasteiger partial charge is 0.299 e. The van der Waals surface area contributed by atoms with Gasteiger partial charge >= 0.3 is 0 Å². The quantitative estimate of drug-likeness (QED) is 0.648. The molecule has 6 heteroatoms. The van der Waals surface area contributed by atoms with Crippen LogP contribution >= 0.6 is 15.9 Å². The lowest BCUT2D eigenvalue weighted by Gasteiger charge is -2.16. The zero-order chi connectivity index (χ0) is 14.0. The standard InChI is InChI=1S/C13H12BrN3O2/c14-8-3-4-11-10(6-8)12(18)13(19)17(11)7-9(16)2-1-5-15/h1-6H,7,15-16H2/b5-1-,9-2-. The number of nitrogens with two attached hydrogens (primary N) is 2. The Morgan fingerprint density at radius 2 is 2.11 bits per heavy atom. The monoisotopic (exact) mass is 321 g/mol. The minimum absolute atomic E-state index is 0.156. The van der Waals surface area contributed by atoms with Crippen LogP contribution in [-0.2, 0) is 4.79 Å². The van der Waals surface area contributed by atoms with E-state index in [-0.39, 0.29) is 6.54 Å². The van der Waals surface area contributed by atoms with E-state index in [0.29, 0.717) is 16.9 Å². The van der Waals surface area contributed by atoms with Crippen LogP contribution < -0.4 is 16.4 Å². The summed E-state index contributed by atoms with van der Waals surface area (Å²) in [5.74, 6) is -1.08.